The Kier molecular flexibility index (Phi) is 6.36. The zero-order chi connectivity index (χ0) is 21.0. The number of halogens is 1. The molecule has 4 aromatic carbocycles. The standard InChI is InChI=1S/C24H21IO4S/c1-2-28-23-17-18-24(22-16-10-9-15-21(22)23)30(26,27)29-25(19-11-5-3-6-12-19)20-13-7-4-8-14-20/h3-18H,2H2,1H3. The normalized spacial score (nSPS) is 12.0. The SMILES string of the molecule is CCOc1ccc(S(=O)(=O)OI(c2ccccc2)c2ccccc2)c2ccccc12. The molecule has 0 saturated heterocycles. The summed E-state index contributed by atoms with van der Waals surface area (Å²) in [5.41, 5.74) is 0. The molecule has 0 heterocycles. The van der Waals surface area contributed by atoms with Crippen LogP contribution in [0.1, 0.15) is 6.92 Å². The Morgan fingerprint density at radius 2 is 1.23 bits per heavy atom. The molecule has 154 valence electrons. The second kappa shape index (κ2) is 9.16. The summed E-state index contributed by atoms with van der Waals surface area (Å²) in [7, 11) is -4.00. The fourth-order valence-electron chi connectivity index (χ4n) is 3.12. The third-order valence-corrected chi connectivity index (χ3v) is 11.8. The van der Waals surface area contributed by atoms with Crippen LogP contribution in [-0.4, -0.2) is 15.0 Å². The van der Waals surface area contributed by atoms with Crippen LogP contribution in [-0.2, 0) is 12.6 Å². The Balaban J connectivity index is 1.80. The van der Waals surface area contributed by atoms with E-state index in [0.717, 1.165) is 12.5 Å². The Hall–Kier alpha value is -2.42. The van der Waals surface area contributed by atoms with E-state index in [-0.39, 0.29) is 4.90 Å². The molecule has 4 nitrogen and oxygen atoms in total. The first-order chi connectivity index (χ1) is 14.6. The van der Waals surface area contributed by atoms with Crippen molar-refractivity contribution in [3.05, 3.63) is 104 Å². The average Bonchev–Trinajstić information content (AvgIpc) is 2.79. The number of ether oxygens (including phenoxy) is 1. The number of fused-ring (bicyclic) bond motifs is 1. The van der Waals surface area contributed by atoms with Crippen LogP contribution in [0.2, 0.25) is 0 Å². The van der Waals surface area contributed by atoms with E-state index in [1.165, 1.54) is 0 Å². The van der Waals surface area contributed by atoms with Gasteiger partial charge in [0.2, 0.25) is 0 Å². The molecule has 0 aromatic heterocycles. The molecule has 0 aliphatic carbocycles. The van der Waals surface area contributed by atoms with Gasteiger partial charge in [-0.1, -0.05) is 0 Å². The quantitative estimate of drug-likeness (QED) is 0.270. The van der Waals surface area contributed by atoms with E-state index in [9.17, 15) is 8.42 Å². The number of benzene rings is 4. The van der Waals surface area contributed by atoms with Crippen molar-refractivity contribution in [3.63, 3.8) is 0 Å². The minimum absolute atomic E-state index is 0.163. The first kappa shape index (κ1) is 20.8. The van der Waals surface area contributed by atoms with Gasteiger partial charge in [-0.3, -0.25) is 0 Å². The van der Waals surface area contributed by atoms with Crippen molar-refractivity contribution in [2.45, 2.75) is 11.8 Å². The second-order valence-electron chi connectivity index (χ2n) is 6.40. The molecule has 0 atom stereocenters. The molecule has 0 saturated carbocycles. The zero-order valence-corrected chi connectivity index (χ0v) is 19.3. The fourth-order valence-corrected chi connectivity index (χ4v) is 10.3. The zero-order valence-electron chi connectivity index (χ0n) is 16.4. The summed E-state index contributed by atoms with van der Waals surface area (Å²) in [6.07, 6.45) is 0. The van der Waals surface area contributed by atoms with Crippen LogP contribution < -0.4 is 4.74 Å². The van der Waals surface area contributed by atoms with Crippen molar-refractivity contribution in [2.24, 2.45) is 0 Å². The van der Waals surface area contributed by atoms with Gasteiger partial charge in [0.15, 0.2) is 0 Å². The van der Waals surface area contributed by atoms with Crippen LogP contribution >= 0.6 is 20.2 Å². The van der Waals surface area contributed by atoms with E-state index < -0.39 is 30.4 Å². The Labute approximate surface area is 184 Å². The molecule has 0 N–H and O–H groups in total. The summed E-state index contributed by atoms with van der Waals surface area (Å²) < 4.78 is 40.4. The molecule has 0 aliphatic heterocycles. The fraction of sp³-hybridized carbons (Fsp3) is 0.0833. The van der Waals surface area contributed by atoms with E-state index >= 15 is 0 Å². The van der Waals surface area contributed by atoms with Crippen molar-refractivity contribution in [3.8, 4) is 5.75 Å². The number of hydrogen-bond donors (Lipinski definition) is 0. The molecule has 0 unspecified atom stereocenters. The van der Waals surface area contributed by atoms with Crippen LogP contribution in [0.5, 0.6) is 5.75 Å². The van der Waals surface area contributed by atoms with Crippen molar-refractivity contribution in [1.29, 1.82) is 0 Å². The first-order valence-electron chi connectivity index (χ1n) is 9.50. The van der Waals surface area contributed by atoms with Gasteiger partial charge in [0.05, 0.1) is 0 Å². The summed E-state index contributed by atoms with van der Waals surface area (Å²) in [4.78, 5) is 0.163. The topological polar surface area (TPSA) is 52.6 Å². The molecular formula is C24H21IO4S. The van der Waals surface area contributed by atoms with E-state index in [1.807, 2.05) is 85.8 Å². The van der Waals surface area contributed by atoms with Crippen molar-refractivity contribution in [2.75, 3.05) is 6.61 Å². The van der Waals surface area contributed by atoms with Gasteiger partial charge in [-0.25, -0.2) is 0 Å². The molecule has 0 radical (unpaired) electrons. The predicted octanol–water partition coefficient (Wildman–Crippen LogP) is 6.10. The molecule has 30 heavy (non-hydrogen) atoms. The van der Waals surface area contributed by atoms with E-state index in [2.05, 4.69) is 0 Å². The van der Waals surface area contributed by atoms with Gasteiger partial charge >= 0.3 is 185 Å². The molecular weight excluding hydrogens is 511 g/mol. The minimum atomic E-state index is -4.00. The van der Waals surface area contributed by atoms with Gasteiger partial charge in [0.1, 0.15) is 0 Å². The van der Waals surface area contributed by atoms with E-state index in [0.29, 0.717) is 17.7 Å². The van der Waals surface area contributed by atoms with Gasteiger partial charge in [-0.15, -0.1) is 0 Å². The summed E-state index contributed by atoms with van der Waals surface area (Å²) in [5, 5.41) is 1.35. The molecule has 6 heteroatoms. The number of hydrogen-bond acceptors (Lipinski definition) is 4. The Bertz CT molecular complexity index is 1200. The third-order valence-electron chi connectivity index (χ3n) is 4.42. The monoisotopic (exact) mass is 532 g/mol. The Morgan fingerprint density at radius 3 is 1.80 bits per heavy atom. The number of rotatable bonds is 7. The van der Waals surface area contributed by atoms with Crippen LogP contribution in [0.3, 0.4) is 0 Å². The third kappa shape index (κ3) is 4.35. The molecule has 0 amide bonds. The molecule has 0 fully saturated rings. The average molecular weight is 532 g/mol. The van der Waals surface area contributed by atoms with Crippen molar-refractivity contribution >= 4 is 41.1 Å². The predicted molar refractivity (Wildman–Crippen MR) is 128 cm³/mol. The molecule has 0 bridgehead atoms. The summed E-state index contributed by atoms with van der Waals surface area (Å²) in [5.74, 6) is 0.661. The summed E-state index contributed by atoms with van der Waals surface area (Å²) in [6, 6.07) is 29.8. The van der Waals surface area contributed by atoms with E-state index in [1.54, 1.807) is 18.2 Å². The molecule has 0 aliphatic rings. The summed E-state index contributed by atoms with van der Waals surface area (Å²) >= 11 is -2.69. The van der Waals surface area contributed by atoms with Crippen molar-refractivity contribution in [1.82, 2.24) is 0 Å². The van der Waals surface area contributed by atoms with Crippen LogP contribution in [0.4, 0.5) is 0 Å². The van der Waals surface area contributed by atoms with Gasteiger partial charge in [0, 0.05) is 0 Å². The maximum absolute atomic E-state index is 13.4. The Morgan fingerprint density at radius 1 is 0.700 bits per heavy atom. The second-order valence-corrected chi connectivity index (χ2v) is 12.9. The van der Waals surface area contributed by atoms with E-state index in [4.69, 9.17) is 7.25 Å². The van der Waals surface area contributed by atoms with Gasteiger partial charge in [0.25, 0.3) is 0 Å². The van der Waals surface area contributed by atoms with Gasteiger partial charge < -0.3 is 0 Å². The molecule has 0 spiro atoms. The summed E-state index contributed by atoms with van der Waals surface area (Å²) in [6.45, 7) is 2.41. The van der Waals surface area contributed by atoms with Gasteiger partial charge in [-0.05, 0) is 0 Å². The maximum atomic E-state index is 13.4. The molecule has 4 aromatic rings. The van der Waals surface area contributed by atoms with Crippen LogP contribution in [0.15, 0.2) is 102 Å². The molecule has 4 rings (SSSR count). The van der Waals surface area contributed by atoms with Crippen LogP contribution in [0.25, 0.3) is 10.8 Å². The van der Waals surface area contributed by atoms with Crippen molar-refractivity contribution < 1.29 is 15.7 Å². The van der Waals surface area contributed by atoms with Gasteiger partial charge in [-0.2, -0.15) is 0 Å². The first-order valence-corrected chi connectivity index (χ1v) is 13.9. The van der Waals surface area contributed by atoms with Crippen LogP contribution in [0, 0.1) is 7.14 Å².